The molecule has 5 rings (SSSR count). The Morgan fingerprint density at radius 3 is 2.48 bits per heavy atom. The maximum absolute atomic E-state index is 12.8. The molecule has 2 aromatic heterocycles. The molecule has 9 nitrogen and oxygen atoms in total. The van der Waals surface area contributed by atoms with Gasteiger partial charge in [-0.25, -0.2) is 4.79 Å². The average Bonchev–Trinajstić information content (AvgIpc) is 2.99. The highest BCUT2D eigenvalue weighted by atomic mass is 16.5. The first-order valence-corrected chi connectivity index (χ1v) is 13.8. The maximum atomic E-state index is 12.8. The molecule has 2 N–H and O–H groups in total. The van der Waals surface area contributed by atoms with Crippen molar-refractivity contribution in [1.82, 2.24) is 9.97 Å². The van der Waals surface area contributed by atoms with Gasteiger partial charge in [0.2, 0.25) is 0 Å². The number of amides is 1. The highest BCUT2D eigenvalue weighted by Crippen LogP contribution is 2.47. The number of aromatic nitrogens is 2. The molecule has 40 heavy (non-hydrogen) atoms. The van der Waals surface area contributed by atoms with Gasteiger partial charge < -0.3 is 15.4 Å². The van der Waals surface area contributed by atoms with E-state index in [1.807, 2.05) is 24.3 Å². The van der Waals surface area contributed by atoms with Crippen molar-refractivity contribution in [3.63, 3.8) is 0 Å². The summed E-state index contributed by atoms with van der Waals surface area (Å²) < 4.78 is 5.34. The van der Waals surface area contributed by atoms with Crippen molar-refractivity contribution >= 4 is 40.4 Å². The second-order valence-corrected chi connectivity index (χ2v) is 10.2. The highest BCUT2D eigenvalue weighted by molar-refractivity contribution is 6.27. The molecule has 1 atom stereocenters. The van der Waals surface area contributed by atoms with Crippen LogP contribution in [0.5, 0.6) is 0 Å². The van der Waals surface area contributed by atoms with E-state index in [9.17, 15) is 14.4 Å². The smallest absolute Gasteiger partial charge is 0.331 e. The lowest BCUT2D eigenvalue weighted by Gasteiger charge is -2.44. The zero-order valence-corrected chi connectivity index (χ0v) is 22.6. The van der Waals surface area contributed by atoms with Gasteiger partial charge in [0.15, 0.2) is 6.04 Å². The molecule has 1 aromatic carbocycles. The quantitative estimate of drug-likeness (QED) is 0.353. The fraction of sp³-hybridized carbons (Fsp3) is 0.355. The number of aliphatic imine (C=N–C) groups is 1. The number of hydrogen-bond donors (Lipinski definition) is 2. The van der Waals surface area contributed by atoms with E-state index in [0.717, 1.165) is 49.1 Å². The normalized spacial score (nSPS) is 17.6. The van der Waals surface area contributed by atoms with Crippen molar-refractivity contribution in [3.8, 4) is 0 Å². The largest absolute Gasteiger partial charge is 0.464 e. The molecular weight excluding hydrogens is 506 g/mol. The second-order valence-electron chi connectivity index (χ2n) is 10.2. The van der Waals surface area contributed by atoms with Crippen LogP contribution in [0.1, 0.15) is 61.4 Å². The number of rotatable bonds is 9. The van der Waals surface area contributed by atoms with Gasteiger partial charge in [-0.2, -0.15) is 0 Å². The van der Waals surface area contributed by atoms with Crippen molar-refractivity contribution in [2.24, 2.45) is 10.4 Å². The number of benzene rings is 1. The number of carbonyl (C=O) groups excluding carboxylic acids is 3. The average molecular weight is 540 g/mol. The van der Waals surface area contributed by atoms with Crippen molar-refractivity contribution in [2.45, 2.75) is 57.9 Å². The summed E-state index contributed by atoms with van der Waals surface area (Å²) in [7, 11) is 0. The third-order valence-electron chi connectivity index (χ3n) is 7.65. The molecule has 9 heteroatoms. The number of nitrogens with one attached hydrogen (secondary N) is 2. The number of anilines is 3. The van der Waals surface area contributed by atoms with E-state index < -0.39 is 11.5 Å². The van der Waals surface area contributed by atoms with E-state index in [-0.39, 0.29) is 24.3 Å². The van der Waals surface area contributed by atoms with Crippen LogP contribution in [-0.4, -0.2) is 46.0 Å². The Bertz CT molecular complexity index is 1400. The van der Waals surface area contributed by atoms with Gasteiger partial charge in [-0.1, -0.05) is 31.4 Å². The number of carbonyl (C=O) groups is 3. The standard InChI is InChI=1S/C31H33N5O4/c1-2-40-30(39)25(35-27-18-28(37)31(27)13-4-3-5-14-31)17-21-8-10-23(11-9-21)34-24-12-16-33-20-26(24)36-29(38)22-7-6-15-32-19-22/h6-12,15-16,19-20,25H,2-5,13-14,17-18H2,1H3,(H,33,34)(H,36,38)/t25-/m0/s1. The third kappa shape index (κ3) is 5.93. The SMILES string of the molecule is CCOC(=O)[C@H](Cc1ccc(Nc2ccncc2NC(=O)c2cccnc2)cc1)N=C1CC(=O)C12CCCCC2. The molecule has 1 spiro atoms. The molecule has 2 aliphatic carbocycles. The lowest BCUT2D eigenvalue weighted by molar-refractivity contribution is -0.144. The van der Waals surface area contributed by atoms with Crippen LogP contribution in [0.4, 0.5) is 17.1 Å². The van der Waals surface area contributed by atoms with Gasteiger partial charge in [-0.3, -0.25) is 24.5 Å². The molecule has 0 unspecified atom stereocenters. The van der Waals surface area contributed by atoms with E-state index in [1.165, 1.54) is 6.20 Å². The summed E-state index contributed by atoms with van der Waals surface area (Å²) >= 11 is 0. The van der Waals surface area contributed by atoms with Crippen molar-refractivity contribution in [1.29, 1.82) is 0 Å². The van der Waals surface area contributed by atoms with Gasteiger partial charge in [0.1, 0.15) is 5.78 Å². The van der Waals surface area contributed by atoms with E-state index in [0.29, 0.717) is 29.8 Å². The molecule has 2 aliphatic rings. The van der Waals surface area contributed by atoms with E-state index in [4.69, 9.17) is 9.73 Å². The monoisotopic (exact) mass is 539 g/mol. The van der Waals surface area contributed by atoms with Gasteiger partial charge in [-0.05, 0) is 55.7 Å². The number of esters is 1. The lowest BCUT2D eigenvalue weighted by Crippen LogP contribution is -2.52. The Kier molecular flexibility index (Phi) is 8.28. The Labute approximate surface area is 233 Å². The second kappa shape index (κ2) is 12.2. The molecule has 1 amide bonds. The molecule has 2 fully saturated rings. The molecule has 0 aliphatic heterocycles. The van der Waals surface area contributed by atoms with Gasteiger partial charge in [0.05, 0.1) is 35.2 Å². The van der Waals surface area contributed by atoms with Crippen molar-refractivity contribution in [2.75, 3.05) is 17.2 Å². The van der Waals surface area contributed by atoms with Gasteiger partial charge in [0.25, 0.3) is 5.91 Å². The van der Waals surface area contributed by atoms with Gasteiger partial charge in [-0.15, -0.1) is 0 Å². The van der Waals surface area contributed by atoms with Crippen LogP contribution in [0.3, 0.4) is 0 Å². The van der Waals surface area contributed by atoms with Crippen LogP contribution < -0.4 is 10.6 Å². The zero-order valence-electron chi connectivity index (χ0n) is 22.6. The number of pyridine rings is 2. The predicted octanol–water partition coefficient (Wildman–Crippen LogP) is 5.31. The van der Waals surface area contributed by atoms with E-state index in [1.54, 1.807) is 43.7 Å². The zero-order chi connectivity index (χ0) is 28.0. The highest BCUT2D eigenvalue weighted by Gasteiger charge is 2.52. The van der Waals surface area contributed by atoms with Crippen molar-refractivity contribution in [3.05, 3.63) is 78.4 Å². The summed E-state index contributed by atoms with van der Waals surface area (Å²) in [5, 5.41) is 6.19. The minimum Gasteiger partial charge on any atom is -0.464 e. The molecule has 3 aromatic rings. The van der Waals surface area contributed by atoms with E-state index in [2.05, 4.69) is 20.6 Å². The predicted molar refractivity (Wildman–Crippen MR) is 153 cm³/mol. The Morgan fingerprint density at radius 2 is 1.77 bits per heavy atom. The summed E-state index contributed by atoms with van der Waals surface area (Å²) in [4.78, 5) is 51.0. The van der Waals surface area contributed by atoms with Gasteiger partial charge in [0, 0.05) is 42.8 Å². The molecule has 0 radical (unpaired) electrons. The number of ether oxygens (including phenoxy) is 1. The summed E-state index contributed by atoms with van der Waals surface area (Å²) in [5.74, 6) is -0.390. The molecule has 2 heterocycles. The number of hydrogen-bond acceptors (Lipinski definition) is 8. The summed E-state index contributed by atoms with van der Waals surface area (Å²) in [6.45, 7) is 2.06. The van der Waals surface area contributed by atoms with E-state index >= 15 is 0 Å². The first kappa shape index (κ1) is 27.2. The number of Topliss-reactive ketones (excluding diaryl/α,β-unsaturated/α-hetero) is 1. The van der Waals surface area contributed by atoms with Crippen LogP contribution in [0.25, 0.3) is 0 Å². The summed E-state index contributed by atoms with van der Waals surface area (Å²) in [6.07, 6.45) is 11.9. The molecule has 2 saturated carbocycles. The van der Waals surface area contributed by atoms with Crippen LogP contribution in [0, 0.1) is 5.41 Å². The molecule has 0 saturated heterocycles. The topological polar surface area (TPSA) is 123 Å². The van der Waals surface area contributed by atoms with Crippen LogP contribution in [0.2, 0.25) is 0 Å². The fourth-order valence-electron chi connectivity index (χ4n) is 5.44. The lowest BCUT2D eigenvalue weighted by atomic mass is 9.58. The molecule has 206 valence electrons. The first-order valence-electron chi connectivity index (χ1n) is 13.8. The van der Waals surface area contributed by atoms with Crippen LogP contribution in [-0.2, 0) is 20.7 Å². The Morgan fingerprint density at radius 1 is 1.00 bits per heavy atom. The maximum Gasteiger partial charge on any atom is 0.331 e. The van der Waals surface area contributed by atoms with Gasteiger partial charge >= 0.3 is 5.97 Å². The summed E-state index contributed by atoms with van der Waals surface area (Å²) in [5.41, 5.74) is 3.81. The minimum absolute atomic E-state index is 0.260. The molecule has 0 bridgehead atoms. The third-order valence-corrected chi connectivity index (χ3v) is 7.65. The Balaban J connectivity index is 1.29. The number of nitrogens with zero attached hydrogens (tertiary/aromatic N) is 3. The molecular formula is C31H33N5O4. The Hall–Kier alpha value is -4.40. The fourth-order valence-corrected chi connectivity index (χ4v) is 5.44. The van der Waals surface area contributed by atoms with Crippen LogP contribution in [0.15, 0.2) is 72.2 Å². The first-order chi connectivity index (χ1) is 19.5. The van der Waals surface area contributed by atoms with Crippen LogP contribution >= 0.6 is 0 Å². The van der Waals surface area contributed by atoms with Crippen molar-refractivity contribution < 1.29 is 19.1 Å². The summed E-state index contributed by atoms with van der Waals surface area (Å²) in [6, 6.07) is 12.2. The minimum atomic E-state index is -0.685. The number of ketones is 1.